The molecule has 0 fully saturated rings. The van der Waals surface area contributed by atoms with Crippen LogP contribution in [0.1, 0.15) is 0 Å². The van der Waals surface area contributed by atoms with Gasteiger partial charge in [-0.3, -0.25) is 0 Å². The van der Waals surface area contributed by atoms with Crippen LogP contribution in [0.2, 0.25) is 0 Å². The van der Waals surface area contributed by atoms with Gasteiger partial charge in [-0.2, -0.15) is 0 Å². The normalized spacial score (nSPS) is 8.70. The molecule has 0 saturated carbocycles. The van der Waals surface area contributed by atoms with Crippen LogP contribution < -0.4 is 0 Å². The zero-order valence-electron chi connectivity index (χ0n) is 5.32. The minimum Gasteiger partial charge on any atom is -0.305 e. The second kappa shape index (κ2) is 3.91. The zero-order valence-corrected chi connectivity index (χ0v) is 6.14. The molecule has 2 nitrogen and oxygen atoms in total. The third-order valence-corrected chi connectivity index (χ3v) is 1.71. The first-order chi connectivity index (χ1) is 4.93. The molecule has 50 valence electrons. The van der Waals surface area contributed by atoms with Crippen molar-refractivity contribution in [3.63, 3.8) is 0 Å². The van der Waals surface area contributed by atoms with Gasteiger partial charge in [0, 0.05) is 6.20 Å². The van der Waals surface area contributed by atoms with Crippen LogP contribution in [0, 0.1) is 6.57 Å². The van der Waals surface area contributed by atoms with Gasteiger partial charge in [0.2, 0.25) is 0 Å². The van der Waals surface area contributed by atoms with Crippen molar-refractivity contribution in [1.29, 1.82) is 0 Å². The Balaban J connectivity index is 2.52. The average Bonchev–Trinajstić information content (AvgIpc) is 2.03. The van der Waals surface area contributed by atoms with Crippen molar-refractivity contribution in [2.75, 3.05) is 5.88 Å². The van der Waals surface area contributed by atoms with Gasteiger partial charge in [0.15, 0.2) is 0 Å². The fourth-order valence-corrected chi connectivity index (χ4v) is 1.04. The van der Waals surface area contributed by atoms with Crippen LogP contribution >= 0.6 is 11.8 Å². The highest BCUT2D eigenvalue weighted by molar-refractivity contribution is 7.99. The molecule has 0 saturated heterocycles. The van der Waals surface area contributed by atoms with E-state index in [-0.39, 0.29) is 0 Å². The van der Waals surface area contributed by atoms with Gasteiger partial charge in [0.1, 0.15) is 5.03 Å². The molecule has 10 heavy (non-hydrogen) atoms. The monoisotopic (exact) mass is 150 g/mol. The fraction of sp³-hybridized carbons (Fsp3) is 0.143. The quantitative estimate of drug-likeness (QED) is 0.474. The molecule has 3 heteroatoms. The Bertz CT molecular complexity index is 227. The molecule has 1 aromatic rings. The van der Waals surface area contributed by atoms with Crippen LogP contribution in [0.25, 0.3) is 4.85 Å². The van der Waals surface area contributed by atoms with Crippen molar-refractivity contribution >= 4 is 11.8 Å². The largest absolute Gasteiger partial charge is 0.305 e. The molecule has 1 heterocycles. The molecule has 1 rings (SSSR count). The van der Waals surface area contributed by atoms with Crippen LogP contribution in [0.4, 0.5) is 0 Å². The summed E-state index contributed by atoms with van der Waals surface area (Å²) in [6.07, 6.45) is 1.73. The van der Waals surface area contributed by atoms with Crippen LogP contribution in [0.15, 0.2) is 29.4 Å². The van der Waals surface area contributed by atoms with E-state index in [4.69, 9.17) is 6.57 Å². The molecular formula is C7H6N2S. The minimum absolute atomic E-state index is 0.455. The lowest BCUT2D eigenvalue weighted by Gasteiger charge is -1.89. The Kier molecular flexibility index (Phi) is 2.78. The lowest BCUT2D eigenvalue weighted by atomic mass is 10.5. The molecule has 0 aromatic carbocycles. The summed E-state index contributed by atoms with van der Waals surface area (Å²) in [7, 11) is 0. The number of pyridine rings is 1. The van der Waals surface area contributed by atoms with Crippen LogP contribution in [-0.4, -0.2) is 10.9 Å². The lowest BCUT2D eigenvalue weighted by molar-refractivity contribution is 1.14. The van der Waals surface area contributed by atoms with Gasteiger partial charge in [-0.1, -0.05) is 6.07 Å². The fourth-order valence-electron chi connectivity index (χ4n) is 0.531. The summed E-state index contributed by atoms with van der Waals surface area (Å²) in [5, 5.41) is 0.915. The van der Waals surface area contributed by atoms with E-state index in [0.29, 0.717) is 5.88 Å². The Hall–Kier alpha value is -1.01. The van der Waals surface area contributed by atoms with Crippen molar-refractivity contribution in [3.8, 4) is 0 Å². The molecule has 0 radical (unpaired) electrons. The Morgan fingerprint density at radius 3 is 3.10 bits per heavy atom. The summed E-state index contributed by atoms with van der Waals surface area (Å²) in [5.41, 5.74) is 0. The van der Waals surface area contributed by atoms with Gasteiger partial charge >= 0.3 is 0 Å². The Morgan fingerprint density at radius 1 is 1.60 bits per heavy atom. The number of hydrogen-bond acceptors (Lipinski definition) is 2. The number of aromatic nitrogens is 1. The molecule has 0 amide bonds. The third kappa shape index (κ3) is 2.08. The number of nitrogens with zero attached hydrogens (tertiary/aromatic N) is 2. The molecule has 0 aliphatic heterocycles. The van der Waals surface area contributed by atoms with Crippen LogP contribution in [0.5, 0.6) is 0 Å². The van der Waals surface area contributed by atoms with E-state index in [9.17, 15) is 0 Å². The topological polar surface area (TPSA) is 17.2 Å². The lowest BCUT2D eigenvalue weighted by Crippen LogP contribution is -1.75. The van der Waals surface area contributed by atoms with Crippen molar-refractivity contribution in [2.24, 2.45) is 0 Å². The second-order valence-corrected chi connectivity index (χ2v) is 2.56. The van der Waals surface area contributed by atoms with E-state index in [1.54, 1.807) is 6.20 Å². The molecule has 0 aliphatic carbocycles. The van der Waals surface area contributed by atoms with Gasteiger partial charge in [0.05, 0.1) is 0 Å². The zero-order chi connectivity index (χ0) is 7.23. The predicted molar refractivity (Wildman–Crippen MR) is 41.6 cm³/mol. The molecule has 0 bridgehead atoms. The van der Waals surface area contributed by atoms with E-state index >= 15 is 0 Å². The summed E-state index contributed by atoms with van der Waals surface area (Å²) in [6.45, 7) is 6.53. The van der Waals surface area contributed by atoms with Crippen LogP contribution in [0.3, 0.4) is 0 Å². The average molecular weight is 150 g/mol. The standard InChI is InChI=1S/C7H6N2S/c1-8-6-10-7-4-2-3-5-9-7/h2-5H,6H2. The van der Waals surface area contributed by atoms with Gasteiger partial charge < -0.3 is 4.85 Å². The summed E-state index contributed by atoms with van der Waals surface area (Å²) in [4.78, 5) is 7.24. The summed E-state index contributed by atoms with van der Waals surface area (Å²) >= 11 is 1.46. The number of hydrogen-bond donors (Lipinski definition) is 0. The highest BCUT2D eigenvalue weighted by atomic mass is 32.2. The van der Waals surface area contributed by atoms with E-state index in [1.165, 1.54) is 11.8 Å². The van der Waals surface area contributed by atoms with Gasteiger partial charge in [-0.25, -0.2) is 11.6 Å². The van der Waals surface area contributed by atoms with E-state index in [2.05, 4.69) is 9.83 Å². The molecule has 0 unspecified atom stereocenters. The molecule has 0 atom stereocenters. The predicted octanol–water partition coefficient (Wildman–Crippen LogP) is 2.05. The van der Waals surface area contributed by atoms with Crippen molar-refractivity contribution < 1.29 is 0 Å². The van der Waals surface area contributed by atoms with Crippen molar-refractivity contribution in [2.45, 2.75) is 5.03 Å². The maximum Gasteiger partial charge on any atom is 0.265 e. The molecule has 0 spiro atoms. The summed E-state index contributed by atoms with van der Waals surface area (Å²) in [6, 6.07) is 5.68. The second-order valence-electron chi connectivity index (χ2n) is 1.60. The smallest absolute Gasteiger partial charge is 0.265 e. The first-order valence-electron chi connectivity index (χ1n) is 2.80. The van der Waals surface area contributed by atoms with Gasteiger partial charge in [0.25, 0.3) is 5.88 Å². The molecule has 0 N–H and O–H groups in total. The highest BCUT2D eigenvalue weighted by Gasteiger charge is 1.92. The number of thioether (sulfide) groups is 1. The number of rotatable bonds is 2. The first-order valence-corrected chi connectivity index (χ1v) is 3.79. The SMILES string of the molecule is [C-]#[N+]CSc1ccccn1. The summed E-state index contributed by atoms with van der Waals surface area (Å²) in [5.74, 6) is 0.455. The Labute approximate surface area is 64.1 Å². The van der Waals surface area contributed by atoms with Crippen molar-refractivity contribution in [3.05, 3.63) is 35.8 Å². The highest BCUT2D eigenvalue weighted by Crippen LogP contribution is 2.12. The van der Waals surface area contributed by atoms with Gasteiger partial charge in [-0.15, -0.1) is 0 Å². The Morgan fingerprint density at radius 2 is 2.50 bits per heavy atom. The molecule has 1 aromatic heterocycles. The maximum absolute atomic E-state index is 6.53. The molecular weight excluding hydrogens is 144 g/mol. The first kappa shape index (κ1) is 7.10. The minimum atomic E-state index is 0.455. The van der Waals surface area contributed by atoms with Gasteiger partial charge in [-0.05, 0) is 23.9 Å². The van der Waals surface area contributed by atoms with E-state index < -0.39 is 0 Å². The summed E-state index contributed by atoms with van der Waals surface area (Å²) < 4.78 is 0. The maximum atomic E-state index is 6.53. The molecule has 0 aliphatic rings. The third-order valence-electron chi connectivity index (χ3n) is 0.915. The van der Waals surface area contributed by atoms with Crippen LogP contribution in [-0.2, 0) is 0 Å². The van der Waals surface area contributed by atoms with E-state index in [1.807, 2.05) is 18.2 Å². The van der Waals surface area contributed by atoms with Crippen molar-refractivity contribution in [1.82, 2.24) is 4.98 Å². The van der Waals surface area contributed by atoms with E-state index in [0.717, 1.165) is 5.03 Å².